The third-order valence-electron chi connectivity index (χ3n) is 7.33. The molecule has 0 aromatic heterocycles. The van der Waals surface area contributed by atoms with Crippen LogP contribution in [0, 0.1) is 5.92 Å². The summed E-state index contributed by atoms with van der Waals surface area (Å²) in [5, 5.41) is 7.01. The van der Waals surface area contributed by atoms with Crippen molar-refractivity contribution in [1.29, 1.82) is 0 Å². The molecule has 1 aliphatic carbocycles. The Morgan fingerprint density at radius 2 is 1.73 bits per heavy atom. The van der Waals surface area contributed by atoms with Crippen molar-refractivity contribution >= 4 is 35.8 Å². The van der Waals surface area contributed by atoms with Crippen LogP contribution in [0.2, 0.25) is 0 Å². The number of likely N-dealkylation sites (tertiary alicyclic amines) is 2. The third kappa shape index (κ3) is 7.84. The van der Waals surface area contributed by atoms with Crippen LogP contribution in [0.1, 0.15) is 68.9 Å². The van der Waals surface area contributed by atoms with Gasteiger partial charge < -0.3 is 15.5 Å². The van der Waals surface area contributed by atoms with Gasteiger partial charge >= 0.3 is 0 Å². The van der Waals surface area contributed by atoms with Gasteiger partial charge in [0.05, 0.1) is 0 Å². The lowest BCUT2D eigenvalue weighted by molar-refractivity contribution is -0.134. The molecule has 2 aliphatic heterocycles. The Hall–Kier alpha value is -1.35. The monoisotopic (exact) mass is 567 g/mol. The van der Waals surface area contributed by atoms with Crippen LogP contribution in [0.25, 0.3) is 0 Å². The molecule has 2 heterocycles. The van der Waals surface area contributed by atoms with Crippen molar-refractivity contribution in [2.45, 2.75) is 76.9 Å². The Kier molecular flexibility index (Phi) is 10.8. The standard InChI is InChI=1S/C26H41N5O.HI/c1-27-26(29-24-13-16-31(20-24)25(32)23-11-4-5-12-23)28-18-21-9-8-10-22(17-21)19-30-14-6-2-3-7-15-30;/h8-10,17,23-24H,2-7,11-16,18-20H2,1H3,(H2,27,28,29);1H. The average Bonchev–Trinajstić information content (AvgIpc) is 3.45. The van der Waals surface area contributed by atoms with Crippen molar-refractivity contribution in [2.24, 2.45) is 10.9 Å². The lowest BCUT2D eigenvalue weighted by Crippen LogP contribution is -2.45. The van der Waals surface area contributed by atoms with E-state index in [0.717, 1.165) is 51.4 Å². The van der Waals surface area contributed by atoms with E-state index in [4.69, 9.17) is 0 Å². The van der Waals surface area contributed by atoms with Crippen LogP contribution < -0.4 is 10.6 Å². The second-order valence-corrected chi connectivity index (χ2v) is 9.83. The second kappa shape index (κ2) is 13.5. The van der Waals surface area contributed by atoms with E-state index >= 15 is 0 Å². The zero-order chi connectivity index (χ0) is 22.2. The highest BCUT2D eigenvalue weighted by Gasteiger charge is 2.32. The van der Waals surface area contributed by atoms with Gasteiger partial charge in [-0.3, -0.25) is 14.7 Å². The minimum Gasteiger partial charge on any atom is -0.352 e. The Balaban J connectivity index is 0.00000306. The highest BCUT2D eigenvalue weighted by atomic mass is 127. The molecule has 1 atom stereocenters. The molecule has 1 unspecified atom stereocenters. The van der Waals surface area contributed by atoms with Gasteiger partial charge in [-0.05, 0) is 56.3 Å². The summed E-state index contributed by atoms with van der Waals surface area (Å²) in [6.45, 7) is 5.91. The van der Waals surface area contributed by atoms with Gasteiger partial charge in [0.15, 0.2) is 5.96 Å². The summed E-state index contributed by atoms with van der Waals surface area (Å²) in [6, 6.07) is 9.20. The van der Waals surface area contributed by atoms with Gasteiger partial charge in [0.1, 0.15) is 0 Å². The highest BCUT2D eigenvalue weighted by molar-refractivity contribution is 14.0. The van der Waals surface area contributed by atoms with Crippen LogP contribution in [0.15, 0.2) is 29.3 Å². The van der Waals surface area contributed by atoms with Gasteiger partial charge in [0.25, 0.3) is 0 Å². The van der Waals surface area contributed by atoms with Crippen LogP contribution in [0.4, 0.5) is 0 Å². The molecule has 2 saturated heterocycles. The van der Waals surface area contributed by atoms with Crippen molar-refractivity contribution in [3.8, 4) is 0 Å². The number of aliphatic imine (C=N–C) groups is 1. The summed E-state index contributed by atoms with van der Waals surface area (Å²) >= 11 is 0. The number of carbonyl (C=O) groups excluding carboxylic acids is 1. The zero-order valence-corrected chi connectivity index (χ0v) is 22.6. The Bertz CT molecular complexity index is 772. The van der Waals surface area contributed by atoms with E-state index < -0.39 is 0 Å². The first kappa shape index (κ1) is 26.3. The minimum absolute atomic E-state index is 0. The van der Waals surface area contributed by atoms with E-state index in [9.17, 15) is 4.79 Å². The fourth-order valence-electron chi connectivity index (χ4n) is 5.47. The first-order valence-corrected chi connectivity index (χ1v) is 12.8. The van der Waals surface area contributed by atoms with Crippen LogP contribution in [-0.4, -0.2) is 60.9 Å². The van der Waals surface area contributed by atoms with E-state index in [2.05, 4.69) is 49.7 Å². The number of benzene rings is 1. The normalized spacial score (nSPS) is 22.6. The van der Waals surface area contributed by atoms with Crippen LogP contribution in [0.5, 0.6) is 0 Å². The largest absolute Gasteiger partial charge is 0.352 e. The zero-order valence-electron chi connectivity index (χ0n) is 20.2. The van der Waals surface area contributed by atoms with Crippen molar-refractivity contribution < 1.29 is 4.79 Å². The highest BCUT2D eigenvalue weighted by Crippen LogP contribution is 2.27. The van der Waals surface area contributed by atoms with Crippen LogP contribution >= 0.6 is 24.0 Å². The minimum atomic E-state index is 0. The van der Waals surface area contributed by atoms with Gasteiger partial charge in [-0.15, -0.1) is 24.0 Å². The third-order valence-corrected chi connectivity index (χ3v) is 7.33. The number of halogens is 1. The van der Waals surface area contributed by atoms with E-state index in [1.165, 1.54) is 62.7 Å². The molecule has 7 heteroatoms. The lowest BCUT2D eigenvalue weighted by Gasteiger charge is -2.22. The molecule has 1 saturated carbocycles. The number of hydrogen-bond donors (Lipinski definition) is 2. The molecule has 0 radical (unpaired) electrons. The molecule has 6 nitrogen and oxygen atoms in total. The van der Waals surface area contributed by atoms with Crippen LogP contribution in [0.3, 0.4) is 0 Å². The maximum Gasteiger partial charge on any atom is 0.225 e. The van der Waals surface area contributed by atoms with Crippen molar-refractivity contribution in [2.75, 3.05) is 33.2 Å². The predicted octanol–water partition coefficient (Wildman–Crippen LogP) is 4.14. The molecule has 33 heavy (non-hydrogen) atoms. The number of nitrogens with zero attached hydrogens (tertiary/aromatic N) is 3. The van der Waals surface area contributed by atoms with E-state index in [-0.39, 0.29) is 35.9 Å². The Labute approximate surface area is 217 Å². The van der Waals surface area contributed by atoms with Crippen molar-refractivity contribution in [3.63, 3.8) is 0 Å². The summed E-state index contributed by atoms with van der Waals surface area (Å²) in [6.07, 6.45) is 11.0. The van der Waals surface area contributed by atoms with Crippen LogP contribution in [-0.2, 0) is 17.9 Å². The molecule has 3 fully saturated rings. The molecule has 1 aromatic rings. The lowest BCUT2D eigenvalue weighted by atomic mass is 10.1. The maximum atomic E-state index is 12.7. The molecule has 4 rings (SSSR count). The van der Waals surface area contributed by atoms with Crippen molar-refractivity contribution in [1.82, 2.24) is 20.4 Å². The summed E-state index contributed by atoms with van der Waals surface area (Å²) in [7, 11) is 1.82. The number of guanidine groups is 1. The fraction of sp³-hybridized carbons (Fsp3) is 0.692. The molecular weight excluding hydrogens is 525 g/mol. The molecule has 3 aliphatic rings. The maximum absolute atomic E-state index is 12.7. The summed E-state index contributed by atoms with van der Waals surface area (Å²) < 4.78 is 0. The predicted molar refractivity (Wildman–Crippen MR) is 146 cm³/mol. The first-order valence-electron chi connectivity index (χ1n) is 12.8. The molecule has 1 amide bonds. The molecular formula is C26H42IN5O. The van der Waals surface area contributed by atoms with Gasteiger partial charge in [0, 0.05) is 45.2 Å². The van der Waals surface area contributed by atoms with E-state index in [0.29, 0.717) is 5.91 Å². The smallest absolute Gasteiger partial charge is 0.225 e. The quantitative estimate of drug-likeness (QED) is 0.309. The molecule has 1 aromatic carbocycles. The van der Waals surface area contributed by atoms with Gasteiger partial charge in [-0.2, -0.15) is 0 Å². The van der Waals surface area contributed by atoms with Gasteiger partial charge in [0.2, 0.25) is 5.91 Å². The average molecular weight is 568 g/mol. The number of hydrogen-bond acceptors (Lipinski definition) is 3. The molecule has 184 valence electrons. The van der Waals surface area contributed by atoms with E-state index in [1.807, 2.05) is 7.05 Å². The molecule has 0 bridgehead atoms. The molecule has 0 spiro atoms. The number of carbonyl (C=O) groups is 1. The Morgan fingerprint density at radius 1 is 1.00 bits per heavy atom. The molecule has 2 N–H and O–H groups in total. The Morgan fingerprint density at radius 3 is 2.45 bits per heavy atom. The van der Waals surface area contributed by atoms with Gasteiger partial charge in [-0.1, -0.05) is 49.9 Å². The first-order chi connectivity index (χ1) is 15.7. The summed E-state index contributed by atoms with van der Waals surface area (Å²) in [4.78, 5) is 21.8. The SMILES string of the molecule is CN=C(NCc1cccc(CN2CCCCCC2)c1)NC1CCN(C(=O)C2CCCC2)C1.I. The number of nitrogens with one attached hydrogen (secondary N) is 2. The summed E-state index contributed by atoms with van der Waals surface area (Å²) in [5.74, 6) is 1.46. The van der Waals surface area contributed by atoms with E-state index in [1.54, 1.807) is 0 Å². The number of rotatable bonds is 6. The topological polar surface area (TPSA) is 60.0 Å². The summed E-state index contributed by atoms with van der Waals surface area (Å²) in [5.41, 5.74) is 2.68. The fourth-order valence-corrected chi connectivity index (χ4v) is 5.47. The van der Waals surface area contributed by atoms with Crippen molar-refractivity contribution in [3.05, 3.63) is 35.4 Å². The number of amides is 1. The second-order valence-electron chi connectivity index (χ2n) is 9.83. The van der Waals surface area contributed by atoms with Gasteiger partial charge in [-0.25, -0.2) is 0 Å².